The topological polar surface area (TPSA) is 60.0 Å². The van der Waals surface area contributed by atoms with Crippen LogP contribution in [0.5, 0.6) is 11.5 Å². The van der Waals surface area contributed by atoms with Crippen LogP contribution in [0.15, 0.2) is 53.7 Å². The lowest BCUT2D eigenvalue weighted by atomic mass is 9.92. The SMILES string of the molecule is CCCC1=C(C(=O)OC)[C@@H](c2cccc(F)c2)NC(=S)N1c1ccc2c(c1)OCCO2. The molecule has 0 aromatic heterocycles. The fourth-order valence-corrected chi connectivity index (χ4v) is 4.21. The maximum absolute atomic E-state index is 13.9. The van der Waals surface area contributed by atoms with Crippen molar-refractivity contribution in [1.82, 2.24) is 5.32 Å². The van der Waals surface area contributed by atoms with Crippen molar-refractivity contribution >= 4 is 29.0 Å². The van der Waals surface area contributed by atoms with Crippen LogP contribution >= 0.6 is 12.2 Å². The zero-order chi connectivity index (χ0) is 22.0. The molecule has 2 heterocycles. The van der Waals surface area contributed by atoms with Crippen LogP contribution in [0.2, 0.25) is 0 Å². The van der Waals surface area contributed by atoms with Gasteiger partial charge in [-0.15, -0.1) is 0 Å². The first-order valence-corrected chi connectivity index (χ1v) is 10.5. The van der Waals surface area contributed by atoms with Gasteiger partial charge in [-0.25, -0.2) is 9.18 Å². The lowest BCUT2D eigenvalue weighted by Crippen LogP contribution is -2.48. The Hall–Kier alpha value is -3.13. The molecule has 4 rings (SSSR count). The first-order valence-electron chi connectivity index (χ1n) is 10.1. The molecule has 0 bridgehead atoms. The van der Waals surface area contributed by atoms with Gasteiger partial charge < -0.3 is 19.5 Å². The predicted octanol–water partition coefficient (Wildman–Crippen LogP) is 4.26. The minimum absolute atomic E-state index is 0.388. The Kier molecular flexibility index (Phi) is 6.08. The first kappa shape index (κ1) is 21.1. The molecule has 6 nitrogen and oxygen atoms in total. The highest BCUT2D eigenvalue weighted by Gasteiger charge is 2.37. The van der Waals surface area contributed by atoms with Crippen LogP contribution in [0.1, 0.15) is 31.4 Å². The Morgan fingerprint density at radius 1 is 1.23 bits per heavy atom. The van der Waals surface area contributed by atoms with Crippen LogP contribution in [0.3, 0.4) is 0 Å². The number of nitrogens with one attached hydrogen (secondary N) is 1. The van der Waals surface area contributed by atoms with E-state index in [1.165, 1.54) is 19.2 Å². The molecule has 0 amide bonds. The second kappa shape index (κ2) is 8.93. The first-order chi connectivity index (χ1) is 15.0. The molecular formula is C23H23FN2O4S. The molecule has 0 aliphatic carbocycles. The van der Waals surface area contributed by atoms with Crippen molar-refractivity contribution in [1.29, 1.82) is 0 Å². The number of halogens is 1. The van der Waals surface area contributed by atoms with E-state index < -0.39 is 12.0 Å². The zero-order valence-electron chi connectivity index (χ0n) is 17.3. The number of benzene rings is 2. The molecule has 162 valence electrons. The smallest absolute Gasteiger partial charge is 0.337 e. The predicted molar refractivity (Wildman–Crippen MR) is 119 cm³/mol. The van der Waals surface area contributed by atoms with E-state index in [0.717, 1.165) is 12.1 Å². The van der Waals surface area contributed by atoms with E-state index in [2.05, 4.69) is 5.32 Å². The molecular weight excluding hydrogens is 419 g/mol. The van der Waals surface area contributed by atoms with Gasteiger partial charge in [0.05, 0.1) is 24.4 Å². The molecule has 1 N–H and O–H groups in total. The highest BCUT2D eigenvalue weighted by Crippen LogP contribution is 2.40. The second-order valence-electron chi connectivity index (χ2n) is 7.20. The molecule has 2 aliphatic rings. The third-order valence-electron chi connectivity index (χ3n) is 5.20. The molecule has 0 saturated carbocycles. The molecule has 0 fully saturated rings. The summed E-state index contributed by atoms with van der Waals surface area (Å²) in [6.07, 6.45) is 1.35. The van der Waals surface area contributed by atoms with Crippen LogP contribution < -0.4 is 19.7 Å². The Balaban J connectivity index is 1.86. The fourth-order valence-electron chi connectivity index (χ4n) is 3.88. The van der Waals surface area contributed by atoms with Crippen molar-refractivity contribution in [3.63, 3.8) is 0 Å². The highest BCUT2D eigenvalue weighted by atomic mass is 32.1. The number of thiocarbonyl (C=S) groups is 1. The van der Waals surface area contributed by atoms with Gasteiger partial charge in [-0.05, 0) is 48.5 Å². The van der Waals surface area contributed by atoms with Crippen molar-refractivity contribution < 1.29 is 23.4 Å². The maximum atomic E-state index is 13.9. The zero-order valence-corrected chi connectivity index (χ0v) is 18.1. The van der Waals surface area contributed by atoms with Crippen LogP contribution in [0.4, 0.5) is 10.1 Å². The number of allylic oxidation sites excluding steroid dienone is 1. The van der Waals surface area contributed by atoms with Crippen LogP contribution in [-0.4, -0.2) is 31.4 Å². The number of methoxy groups -OCH3 is 1. The molecule has 2 aromatic carbocycles. The number of nitrogens with zero attached hydrogens (tertiary/aromatic N) is 1. The summed E-state index contributed by atoms with van der Waals surface area (Å²) < 4.78 is 30.4. The van der Waals surface area contributed by atoms with Crippen molar-refractivity contribution in [2.45, 2.75) is 25.8 Å². The molecule has 0 radical (unpaired) electrons. The highest BCUT2D eigenvalue weighted by molar-refractivity contribution is 7.80. The van der Waals surface area contributed by atoms with Crippen LogP contribution in [0, 0.1) is 5.82 Å². The van der Waals surface area contributed by atoms with Gasteiger partial charge in [0.2, 0.25) is 0 Å². The third-order valence-corrected chi connectivity index (χ3v) is 5.50. The van der Waals surface area contributed by atoms with Gasteiger partial charge in [-0.1, -0.05) is 25.5 Å². The lowest BCUT2D eigenvalue weighted by molar-refractivity contribution is -0.136. The monoisotopic (exact) mass is 442 g/mol. The Labute approximate surface area is 185 Å². The lowest BCUT2D eigenvalue weighted by Gasteiger charge is -2.39. The van der Waals surface area contributed by atoms with Gasteiger partial charge in [-0.3, -0.25) is 4.90 Å². The van der Waals surface area contributed by atoms with E-state index in [0.29, 0.717) is 53.1 Å². The second-order valence-corrected chi connectivity index (χ2v) is 7.59. The van der Waals surface area contributed by atoms with Gasteiger partial charge in [0.25, 0.3) is 0 Å². The van der Waals surface area contributed by atoms with E-state index in [1.807, 2.05) is 30.0 Å². The summed E-state index contributed by atoms with van der Waals surface area (Å²) in [5.41, 5.74) is 2.45. The summed E-state index contributed by atoms with van der Waals surface area (Å²) in [5, 5.41) is 3.61. The minimum Gasteiger partial charge on any atom is -0.486 e. The standard InChI is InChI=1S/C23H23FN2O4S/c1-3-5-17-20(22(27)28-2)21(14-6-4-7-15(24)12-14)25-23(31)26(17)16-8-9-18-19(13-16)30-11-10-29-18/h4,6-9,12-13,21H,3,5,10-11H2,1-2H3,(H,25,31)/t21-/m1/s1. The van der Waals surface area contributed by atoms with E-state index in [-0.39, 0.29) is 5.82 Å². The number of carbonyl (C=O) groups is 1. The minimum atomic E-state index is -0.620. The Morgan fingerprint density at radius 3 is 2.71 bits per heavy atom. The number of rotatable bonds is 5. The van der Waals surface area contributed by atoms with E-state index in [1.54, 1.807) is 12.1 Å². The summed E-state index contributed by atoms with van der Waals surface area (Å²) in [4.78, 5) is 14.7. The summed E-state index contributed by atoms with van der Waals surface area (Å²) in [6, 6.07) is 11.0. The number of hydrogen-bond donors (Lipinski definition) is 1. The van der Waals surface area contributed by atoms with Crippen molar-refractivity contribution in [3.05, 3.63) is 65.1 Å². The largest absolute Gasteiger partial charge is 0.486 e. The Bertz CT molecular complexity index is 1060. The number of hydrogen-bond acceptors (Lipinski definition) is 5. The number of carbonyl (C=O) groups excluding carboxylic acids is 1. The van der Waals surface area contributed by atoms with Gasteiger partial charge >= 0.3 is 5.97 Å². The van der Waals surface area contributed by atoms with Gasteiger partial charge in [0, 0.05) is 11.8 Å². The summed E-state index contributed by atoms with van der Waals surface area (Å²) in [5.74, 6) is 0.406. The van der Waals surface area contributed by atoms with Gasteiger partial charge in [-0.2, -0.15) is 0 Å². The molecule has 31 heavy (non-hydrogen) atoms. The molecule has 0 spiro atoms. The van der Waals surface area contributed by atoms with Gasteiger partial charge in [0.1, 0.15) is 19.0 Å². The van der Waals surface area contributed by atoms with E-state index in [4.69, 9.17) is 26.4 Å². The molecule has 8 heteroatoms. The third kappa shape index (κ3) is 4.07. The van der Waals surface area contributed by atoms with Crippen molar-refractivity contribution in [3.8, 4) is 11.5 Å². The van der Waals surface area contributed by atoms with Crippen molar-refractivity contribution in [2.75, 3.05) is 25.2 Å². The molecule has 2 aliphatic heterocycles. The van der Waals surface area contributed by atoms with Crippen molar-refractivity contribution in [2.24, 2.45) is 0 Å². The van der Waals surface area contributed by atoms with Gasteiger partial charge in [0.15, 0.2) is 16.6 Å². The molecule has 2 aromatic rings. The maximum Gasteiger partial charge on any atom is 0.337 e. The summed E-state index contributed by atoms with van der Waals surface area (Å²) >= 11 is 5.70. The average molecular weight is 443 g/mol. The number of esters is 1. The number of ether oxygens (including phenoxy) is 3. The summed E-state index contributed by atoms with van der Waals surface area (Å²) in [6.45, 7) is 2.98. The normalized spacial score (nSPS) is 18.0. The number of anilines is 1. The quantitative estimate of drug-likeness (QED) is 0.548. The Morgan fingerprint density at radius 2 is 2.00 bits per heavy atom. The molecule has 0 unspecified atom stereocenters. The van der Waals surface area contributed by atoms with E-state index in [9.17, 15) is 9.18 Å². The molecule has 1 atom stereocenters. The van der Waals surface area contributed by atoms with E-state index >= 15 is 0 Å². The van der Waals surface area contributed by atoms with Crippen LogP contribution in [-0.2, 0) is 9.53 Å². The van der Waals surface area contributed by atoms with Crippen LogP contribution in [0.25, 0.3) is 0 Å². The fraction of sp³-hybridized carbons (Fsp3) is 0.304. The number of fused-ring (bicyclic) bond motifs is 1. The summed E-state index contributed by atoms with van der Waals surface area (Å²) in [7, 11) is 1.34. The molecule has 0 saturated heterocycles. The average Bonchev–Trinajstić information content (AvgIpc) is 2.78.